The minimum atomic E-state index is 0.474. The van der Waals surface area contributed by atoms with Gasteiger partial charge in [-0.3, -0.25) is 0 Å². The van der Waals surface area contributed by atoms with E-state index >= 15 is 0 Å². The topological polar surface area (TPSA) is 101 Å². The number of pyridine rings is 1. The predicted octanol–water partition coefficient (Wildman–Crippen LogP) is 5.30. The van der Waals surface area contributed by atoms with Crippen molar-refractivity contribution in [2.75, 3.05) is 17.7 Å². The maximum Gasteiger partial charge on any atom is 0.228 e. The number of aromatic nitrogens is 5. The molecule has 2 aromatic carbocycles. The third-order valence-electron chi connectivity index (χ3n) is 4.97. The Balaban J connectivity index is 1.35. The Morgan fingerprint density at radius 2 is 1.75 bits per heavy atom. The van der Waals surface area contributed by atoms with Gasteiger partial charge in [0, 0.05) is 25.1 Å². The number of aryl methyl sites for hydroxylation is 1. The maximum atomic E-state index is 6.06. The van der Waals surface area contributed by atoms with Crippen molar-refractivity contribution < 1.29 is 4.74 Å². The van der Waals surface area contributed by atoms with Crippen LogP contribution in [0.25, 0.3) is 22.3 Å². The van der Waals surface area contributed by atoms with Crippen molar-refractivity contribution in [2.45, 2.75) is 6.92 Å². The highest BCUT2D eigenvalue weighted by molar-refractivity contribution is 5.81. The van der Waals surface area contributed by atoms with Crippen LogP contribution in [0.2, 0.25) is 0 Å². The van der Waals surface area contributed by atoms with Gasteiger partial charge in [0.15, 0.2) is 0 Å². The monoisotopic (exact) mass is 423 g/mol. The van der Waals surface area contributed by atoms with Crippen LogP contribution in [-0.4, -0.2) is 32.0 Å². The van der Waals surface area contributed by atoms with Gasteiger partial charge in [-0.25, -0.2) is 19.9 Å². The second kappa shape index (κ2) is 8.35. The lowest BCUT2D eigenvalue weighted by molar-refractivity contribution is 0.465. The molecule has 0 saturated heterocycles. The number of rotatable bonds is 6. The van der Waals surface area contributed by atoms with E-state index in [0.717, 1.165) is 33.5 Å². The van der Waals surface area contributed by atoms with Gasteiger partial charge in [0.2, 0.25) is 17.8 Å². The number of aromatic amines is 1. The fourth-order valence-electron chi connectivity index (χ4n) is 3.39. The maximum absolute atomic E-state index is 6.06. The number of imidazole rings is 1. The van der Waals surface area contributed by atoms with Gasteiger partial charge < -0.3 is 20.4 Å². The predicted molar refractivity (Wildman–Crippen MR) is 125 cm³/mol. The normalized spacial score (nSPS) is 10.8. The number of fused-ring (bicyclic) bond motifs is 1. The molecule has 0 aliphatic carbocycles. The summed E-state index contributed by atoms with van der Waals surface area (Å²) in [5.74, 6) is 2.37. The van der Waals surface area contributed by atoms with Gasteiger partial charge >= 0.3 is 0 Å². The lowest BCUT2D eigenvalue weighted by atomic mass is 10.2. The van der Waals surface area contributed by atoms with Gasteiger partial charge in [0.25, 0.3) is 0 Å². The standard InChI is InChI=1S/C24H21N7O/c1-15-5-3-7-20-21(15)31-24(30-20)28-16-8-10-17(11-9-16)32-22-18(6-4-13-26-22)19-12-14-27-23(25-2)29-19/h3-14H,1-2H3,(H,25,27,29)(H2,28,30,31). The van der Waals surface area contributed by atoms with E-state index < -0.39 is 0 Å². The van der Waals surface area contributed by atoms with Gasteiger partial charge in [-0.15, -0.1) is 0 Å². The number of hydrogen-bond donors (Lipinski definition) is 3. The second-order valence-corrected chi connectivity index (χ2v) is 7.18. The summed E-state index contributed by atoms with van der Waals surface area (Å²) >= 11 is 0. The van der Waals surface area contributed by atoms with Crippen molar-refractivity contribution in [1.29, 1.82) is 0 Å². The van der Waals surface area contributed by atoms with E-state index in [1.165, 1.54) is 0 Å². The molecule has 5 aromatic rings. The molecule has 3 N–H and O–H groups in total. The van der Waals surface area contributed by atoms with E-state index in [1.807, 2.05) is 67.6 Å². The highest BCUT2D eigenvalue weighted by Gasteiger charge is 2.11. The zero-order valence-corrected chi connectivity index (χ0v) is 17.6. The fourth-order valence-corrected chi connectivity index (χ4v) is 3.39. The Bertz CT molecular complexity index is 1380. The molecule has 0 spiro atoms. The Kier molecular flexibility index (Phi) is 5.09. The molecule has 0 fully saturated rings. The first-order chi connectivity index (χ1) is 15.7. The molecule has 32 heavy (non-hydrogen) atoms. The van der Waals surface area contributed by atoms with Crippen molar-refractivity contribution in [3.05, 3.63) is 78.6 Å². The molecule has 158 valence electrons. The summed E-state index contributed by atoms with van der Waals surface area (Å²) in [7, 11) is 1.78. The van der Waals surface area contributed by atoms with Crippen LogP contribution in [-0.2, 0) is 0 Å². The third-order valence-corrected chi connectivity index (χ3v) is 4.97. The molecule has 8 nitrogen and oxygen atoms in total. The molecule has 0 bridgehead atoms. The minimum Gasteiger partial charge on any atom is -0.438 e. The molecule has 0 unspecified atom stereocenters. The number of benzene rings is 2. The van der Waals surface area contributed by atoms with Crippen LogP contribution >= 0.6 is 0 Å². The average Bonchev–Trinajstić information content (AvgIpc) is 3.25. The van der Waals surface area contributed by atoms with Crippen LogP contribution in [0.15, 0.2) is 73.1 Å². The number of nitrogens with zero attached hydrogens (tertiary/aromatic N) is 4. The summed E-state index contributed by atoms with van der Waals surface area (Å²) in [6.45, 7) is 2.05. The van der Waals surface area contributed by atoms with Crippen LogP contribution in [0.4, 0.5) is 17.6 Å². The van der Waals surface area contributed by atoms with Gasteiger partial charge in [-0.1, -0.05) is 12.1 Å². The lowest BCUT2D eigenvalue weighted by Gasteiger charge is -2.11. The van der Waals surface area contributed by atoms with E-state index in [4.69, 9.17) is 4.74 Å². The van der Waals surface area contributed by atoms with Crippen molar-refractivity contribution in [1.82, 2.24) is 24.9 Å². The quantitative estimate of drug-likeness (QED) is 0.341. The Labute approximate surface area is 184 Å². The number of ether oxygens (including phenoxy) is 1. The minimum absolute atomic E-state index is 0.474. The van der Waals surface area contributed by atoms with E-state index in [1.54, 1.807) is 19.4 Å². The molecule has 0 atom stereocenters. The van der Waals surface area contributed by atoms with Crippen LogP contribution < -0.4 is 15.4 Å². The van der Waals surface area contributed by atoms with Crippen LogP contribution in [0, 0.1) is 6.92 Å². The number of para-hydroxylation sites is 1. The Hall–Kier alpha value is -4.46. The summed E-state index contributed by atoms with van der Waals surface area (Å²) in [5.41, 5.74) is 5.50. The van der Waals surface area contributed by atoms with Gasteiger partial charge in [0.1, 0.15) is 5.75 Å². The first-order valence-electron chi connectivity index (χ1n) is 10.2. The molecule has 0 aliphatic rings. The van der Waals surface area contributed by atoms with E-state index in [9.17, 15) is 0 Å². The number of anilines is 3. The summed E-state index contributed by atoms with van der Waals surface area (Å²) < 4.78 is 6.06. The van der Waals surface area contributed by atoms with Crippen molar-refractivity contribution in [3.8, 4) is 22.9 Å². The molecule has 0 amide bonds. The molecular formula is C24H21N7O. The van der Waals surface area contributed by atoms with E-state index in [2.05, 4.69) is 35.6 Å². The fraction of sp³-hybridized carbons (Fsp3) is 0.0833. The molecule has 3 aromatic heterocycles. The molecule has 0 aliphatic heterocycles. The zero-order valence-electron chi connectivity index (χ0n) is 17.6. The van der Waals surface area contributed by atoms with Crippen molar-refractivity contribution in [3.63, 3.8) is 0 Å². The number of hydrogen-bond acceptors (Lipinski definition) is 7. The number of nitrogens with one attached hydrogen (secondary N) is 3. The van der Waals surface area contributed by atoms with Crippen molar-refractivity contribution in [2.24, 2.45) is 0 Å². The van der Waals surface area contributed by atoms with Crippen LogP contribution in [0.1, 0.15) is 5.56 Å². The average molecular weight is 423 g/mol. The van der Waals surface area contributed by atoms with Gasteiger partial charge in [-0.2, -0.15) is 0 Å². The second-order valence-electron chi connectivity index (χ2n) is 7.18. The molecule has 3 heterocycles. The molecule has 5 rings (SSSR count). The highest BCUT2D eigenvalue weighted by Crippen LogP contribution is 2.31. The van der Waals surface area contributed by atoms with Crippen LogP contribution in [0.3, 0.4) is 0 Å². The number of H-pyrrole nitrogens is 1. The first-order valence-corrected chi connectivity index (χ1v) is 10.2. The smallest absolute Gasteiger partial charge is 0.228 e. The molecule has 0 saturated carbocycles. The van der Waals surface area contributed by atoms with Gasteiger partial charge in [-0.05, 0) is 61.0 Å². The molecular weight excluding hydrogens is 402 g/mol. The highest BCUT2D eigenvalue weighted by atomic mass is 16.5. The largest absolute Gasteiger partial charge is 0.438 e. The van der Waals surface area contributed by atoms with E-state index in [-0.39, 0.29) is 0 Å². The lowest BCUT2D eigenvalue weighted by Crippen LogP contribution is -1.98. The first kappa shape index (κ1) is 19.5. The van der Waals surface area contributed by atoms with Crippen molar-refractivity contribution >= 4 is 28.6 Å². The summed E-state index contributed by atoms with van der Waals surface area (Å²) in [6.07, 6.45) is 3.39. The summed E-state index contributed by atoms with van der Waals surface area (Å²) in [6, 6.07) is 19.3. The zero-order chi connectivity index (χ0) is 21.9. The summed E-state index contributed by atoms with van der Waals surface area (Å²) in [4.78, 5) is 21.0. The van der Waals surface area contributed by atoms with Gasteiger partial charge in [0.05, 0.1) is 22.3 Å². The molecule has 0 radical (unpaired) electrons. The van der Waals surface area contributed by atoms with Crippen LogP contribution in [0.5, 0.6) is 11.6 Å². The Morgan fingerprint density at radius 1 is 0.875 bits per heavy atom. The Morgan fingerprint density at radius 3 is 2.56 bits per heavy atom. The third kappa shape index (κ3) is 3.93. The summed E-state index contributed by atoms with van der Waals surface area (Å²) in [5, 5.41) is 6.25. The SMILES string of the molecule is CNc1nccc(-c2cccnc2Oc2ccc(Nc3nc4c(C)cccc4[nH]3)cc2)n1. The van der Waals surface area contributed by atoms with E-state index in [0.29, 0.717) is 23.5 Å². The molecule has 8 heteroatoms.